The molecular weight excluding hydrogens is 302 g/mol. The lowest BCUT2D eigenvalue weighted by Crippen LogP contribution is -2.15. The molecule has 6 heteroatoms. The van der Waals surface area contributed by atoms with Crippen LogP contribution in [0.5, 0.6) is 0 Å². The molecule has 0 saturated carbocycles. The Morgan fingerprint density at radius 2 is 1.82 bits per heavy atom. The molecule has 0 unspecified atom stereocenters. The van der Waals surface area contributed by atoms with E-state index in [4.69, 9.17) is 17.3 Å². The van der Waals surface area contributed by atoms with Gasteiger partial charge in [-0.1, -0.05) is 24.2 Å². The van der Waals surface area contributed by atoms with Crippen LogP contribution in [0.3, 0.4) is 0 Å². The van der Waals surface area contributed by atoms with Gasteiger partial charge >= 0.3 is 0 Å². The Bertz CT molecular complexity index is 744. The second-order valence-corrected chi connectivity index (χ2v) is 4.90. The normalized spacial score (nSPS) is 9.86. The molecule has 5 nitrogen and oxygen atoms in total. The van der Waals surface area contributed by atoms with E-state index in [1.807, 2.05) is 0 Å². The van der Waals surface area contributed by atoms with Gasteiger partial charge in [0.1, 0.15) is 0 Å². The molecule has 0 aromatic heterocycles. The summed E-state index contributed by atoms with van der Waals surface area (Å²) in [6.45, 7) is 3.36. The van der Waals surface area contributed by atoms with E-state index >= 15 is 0 Å². The number of carbonyl (C=O) groups is 2. The summed E-state index contributed by atoms with van der Waals surface area (Å²) < 4.78 is 0. The molecule has 2 aromatic rings. The topological polar surface area (TPSA) is 84.2 Å². The highest BCUT2D eigenvalue weighted by Crippen LogP contribution is 2.21. The second kappa shape index (κ2) is 6.78. The first-order chi connectivity index (χ1) is 10.5. The van der Waals surface area contributed by atoms with E-state index in [9.17, 15) is 9.59 Å². The van der Waals surface area contributed by atoms with E-state index in [1.165, 1.54) is 12.1 Å². The third-order valence-electron chi connectivity index (χ3n) is 2.83. The van der Waals surface area contributed by atoms with Crippen LogP contribution in [0.15, 0.2) is 55.1 Å². The molecule has 0 heterocycles. The quantitative estimate of drug-likeness (QED) is 0.598. The number of amides is 2. The zero-order valence-corrected chi connectivity index (χ0v) is 12.4. The van der Waals surface area contributed by atoms with Crippen molar-refractivity contribution in [2.75, 3.05) is 16.4 Å². The number of benzene rings is 2. The summed E-state index contributed by atoms with van der Waals surface area (Å²) in [6.07, 6.45) is 1.15. The van der Waals surface area contributed by atoms with Crippen molar-refractivity contribution in [3.63, 3.8) is 0 Å². The summed E-state index contributed by atoms with van der Waals surface area (Å²) in [5.41, 5.74) is 7.47. The second-order valence-electron chi connectivity index (χ2n) is 4.46. The van der Waals surface area contributed by atoms with Crippen LogP contribution in [0.1, 0.15) is 10.4 Å². The maximum absolute atomic E-state index is 12.2. The fourth-order valence-corrected chi connectivity index (χ4v) is 2.00. The lowest BCUT2D eigenvalue weighted by molar-refractivity contribution is -0.111. The first kappa shape index (κ1) is 15.6. The fourth-order valence-electron chi connectivity index (χ4n) is 1.81. The minimum atomic E-state index is -0.360. The Morgan fingerprint density at radius 3 is 2.45 bits per heavy atom. The number of nitrogen functional groups attached to an aromatic ring is 1. The molecule has 2 rings (SSSR count). The summed E-state index contributed by atoms with van der Waals surface area (Å²) >= 11 is 5.86. The third-order valence-corrected chi connectivity index (χ3v) is 3.07. The highest BCUT2D eigenvalue weighted by molar-refractivity contribution is 6.31. The molecule has 0 aliphatic heterocycles. The van der Waals surface area contributed by atoms with Crippen molar-refractivity contribution in [1.29, 1.82) is 0 Å². The summed E-state index contributed by atoms with van der Waals surface area (Å²) in [5.74, 6) is -0.711. The predicted octanol–water partition coefficient (Wildman–Crippen LogP) is 3.30. The summed E-state index contributed by atoms with van der Waals surface area (Å²) in [5, 5.41) is 5.80. The van der Waals surface area contributed by atoms with Gasteiger partial charge in [0.2, 0.25) is 5.91 Å². The number of rotatable bonds is 4. The average Bonchev–Trinajstić information content (AvgIpc) is 2.47. The number of halogens is 1. The highest BCUT2D eigenvalue weighted by atomic mass is 35.5. The minimum absolute atomic E-state index is 0.251. The van der Waals surface area contributed by atoms with Crippen LogP contribution in [0.4, 0.5) is 17.1 Å². The number of hydrogen-bond acceptors (Lipinski definition) is 3. The predicted molar refractivity (Wildman–Crippen MR) is 89.1 cm³/mol. The number of nitrogens with one attached hydrogen (secondary N) is 2. The van der Waals surface area contributed by atoms with E-state index in [1.54, 1.807) is 30.3 Å². The zero-order valence-electron chi connectivity index (χ0n) is 11.6. The van der Waals surface area contributed by atoms with Crippen LogP contribution >= 0.6 is 11.6 Å². The van der Waals surface area contributed by atoms with Crippen LogP contribution in [0.25, 0.3) is 0 Å². The molecule has 0 atom stereocenters. The van der Waals surface area contributed by atoms with E-state index in [2.05, 4.69) is 17.2 Å². The van der Waals surface area contributed by atoms with E-state index in [0.29, 0.717) is 22.0 Å². The average molecular weight is 316 g/mol. The maximum Gasteiger partial charge on any atom is 0.257 e. The third kappa shape index (κ3) is 3.86. The largest absolute Gasteiger partial charge is 0.398 e. The Kier molecular flexibility index (Phi) is 4.80. The lowest BCUT2D eigenvalue weighted by Gasteiger charge is -2.10. The lowest BCUT2D eigenvalue weighted by atomic mass is 10.1. The number of carbonyl (C=O) groups excluding carboxylic acids is 2. The van der Waals surface area contributed by atoms with Gasteiger partial charge in [-0.15, -0.1) is 0 Å². The Morgan fingerprint density at radius 1 is 1.09 bits per heavy atom. The Hall–Kier alpha value is -2.79. The number of hydrogen-bond donors (Lipinski definition) is 3. The van der Waals surface area contributed by atoms with Crippen LogP contribution in [0.2, 0.25) is 5.02 Å². The monoisotopic (exact) mass is 315 g/mol. The maximum atomic E-state index is 12.2. The molecular formula is C16H14ClN3O2. The van der Waals surface area contributed by atoms with Gasteiger partial charge in [0.25, 0.3) is 5.91 Å². The highest BCUT2D eigenvalue weighted by Gasteiger charge is 2.11. The molecule has 112 valence electrons. The van der Waals surface area contributed by atoms with Crippen LogP contribution in [-0.2, 0) is 4.79 Å². The Balaban J connectivity index is 2.16. The SMILES string of the molecule is C=CC(=O)Nc1ccc(C(=O)Nc2cccc(Cl)c2)c(N)c1. The zero-order chi connectivity index (χ0) is 16.1. The van der Waals surface area contributed by atoms with Crippen molar-refractivity contribution < 1.29 is 9.59 Å². The van der Waals surface area contributed by atoms with Crippen LogP contribution < -0.4 is 16.4 Å². The molecule has 0 aliphatic rings. The van der Waals surface area contributed by atoms with Crippen molar-refractivity contribution in [2.24, 2.45) is 0 Å². The van der Waals surface area contributed by atoms with Gasteiger partial charge in [0, 0.05) is 22.1 Å². The van der Waals surface area contributed by atoms with Gasteiger partial charge in [-0.3, -0.25) is 9.59 Å². The van der Waals surface area contributed by atoms with Gasteiger partial charge in [-0.05, 0) is 42.5 Å². The van der Waals surface area contributed by atoms with Crippen molar-refractivity contribution in [1.82, 2.24) is 0 Å². The number of anilines is 3. The molecule has 0 bridgehead atoms. The molecule has 22 heavy (non-hydrogen) atoms. The van der Waals surface area contributed by atoms with Crippen molar-refractivity contribution >= 4 is 40.5 Å². The molecule has 2 amide bonds. The summed E-state index contributed by atoms with van der Waals surface area (Å²) in [6, 6.07) is 11.4. The van der Waals surface area contributed by atoms with Crippen molar-refractivity contribution in [3.8, 4) is 0 Å². The van der Waals surface area contributed by atoms with Gasteiger partial charge < -0.3 is 16.4 Å². The summed E-state index contributed by atoms with van der Waals surface area (Å²) in [4.78, 5) is 23.4. The Labute approximate surface area is 132 Å². The molecule has 0 saturated heterocycles. The van der Waals surface area contributed by atoms with Crippen molar-refractivity contribution in [2.45, 2.75) is 0 Å². The molecule has 0 fully saturated rings. The number of nitrogens with two attached hydrogens (primary N) is 1. The molecule has 0 radical (unpaired) electrons. The van der Waals surface area contributed by atoms with E-state index < -0.39 is 0 Å². The standard InChI is InChI=1S/C16H14ClN3O2/c1-2-15(21)19-12-6-7-13(14(18)9-12)16(22)20-11-5-3-4-10(17)8-11/h2-9H,1,18H2,(H,19,21)(H,20,22). The van der Waals surface area contributed by atoms with Gasteiger partial charge in [-0.25, -0.2) is 0 Å². The molecule has 0 aliphatic carbocycles. The van der Waals surface area contributed by atoms with Gasteiger partial charge in [0.05, 0.1) is 5.56 Å². The van der Waals surface area contributed by atoms with Crippen molar-refractivity contribution in [3.05, 3.63) is 65.7 Å². The molecule has 0 spiro atoms. The van der Waals surface area contributed by atoms with E-state index in [-0.39, 0.29) is 17.5 Å². The van der Waals surface area contributed by atoms with Crippen LogP contribution in [0, 0.1) is 0 Å². The molecule has 2 aromatic carbocycles. The smallest absolute Gasteiger partial charge is 0.257 e. The minimum Gasteiger partial charge on any atom is -0.398 e. The van der Waals surface area contributed by atoms with Gasteiger partial charge in [0.15, 0.2) is 0 Å². The van der Waals surface area contributed by atoms with Crippen LogP contribution in [-0.4, -0.2) is 11.8 Å². The fraction of sp³-hybridized carbons (Fsp3) is 0. The summed E-state index contributed by atoms with van der Waals surface area (Å²) in [7, 11) is 0. The van der Waals surface area contributed by atoms with E-state index in [0.717, 1.165) is 6.08 Å². The van der Waals surface area contributed by atoms with Gasteiger partial charge in [-0.2, -0.15) is 0 Å². The first-order valence-corrected chi connectivity index (χ1v) is 6.77. The first-order valence-electron chi connectivity index (χ1n) is 6.39. The molecule has 4 N–H and O–H groups in total.